The summed E-state index contributed by atoms with van der Waals surface area (Å²) in [5, 5.41) is 13.2. The van der Waals surface area contributed by atoms with E-state index in [-0.39, 0.29) is 10.8 Å². The first-order valence-corrected chi connectivity index (χ1v) is 10.2. The minimum absolute atomic E-state index is 0.0141. The molecule has 2 bridgehead atoms. The lowest BCUT2D eigenvalue weighted by Gasteiger charge is -2.60. The lowest BCUT2D eigenvalue weighted by atomic mass is 9.45. The first kappa shape index (κ1) is 17.9. The molecular weight excluding hydrogens is 326 g/mol. The number of aliphatic imine (C=N–C) groups is 1. The number of carboxylic acid groups (broad SMARTS) is 1. The van der Waals surface area contributed by atoms with Gasteiger partial charge in [0.15, 0.2) is 5.96 Å². The monoisotopic (exact) mass is 359 g/mol. The lowest BCUT2D eigenvalue weighted by Crippen LogP contribution is -2.58. The van der Waals surface area contributed by atoms with Crippen LogP contribution in [0.25, 0.3) is 0 Å². The molecule has 2 spiro atoms. The fourth-order valence-electron chi connectivity index (χ4n) is 8.00. The molecular formula is C21H33N3O2. The Bertz CT molecular complexity index is 691. The van der Waals surface area contributed by atoms with Gasteiger partial charge in [0.1, 0.15) is 0 Å². The standard InChI is InChI=1S/C21H33N3O2/c1-13-11-20(7-4-5-8-20)16-10-15-14(17(25)26)6-9-21(13,15)19(16,2)12-24-18(22)23-3/h13,16H,4-12H2,1-3H3,(H,25,26)(H3,22,23,24). The summed E-state index contributed by atoms with van der Waals surface area (Å²) in [5.41, 5.74) is 8.43. The highest BCUT2D eigenvalue weighted by molar-refractivity contribution is 5.89. The van der Waals surface area contributed by atoms with Gasteiger partial charge in [-0.05, 0) is 61.2 Å². The van der Waals surface area contributed by atoms with Gasteiger partial charge in [0.25, 0.3) is 0 Å². The quantitative estimate of drug-likeness (QED) is 0.533. The van der Waals surface area contributed by atoms with Gasteiger partial charge in [0.05, 0.1) is 0 Å². The number of allylic oxidation sites excluding steroid dienone is 1. The Balaban J connectivity index is 1.84. The van der Waals surface area contributed by atoms with Crippen molar-refractivity contribution in [2.24, 2.45) is 38.8 Å². The first-order valence-electron chi connectivity index (χ1n) is 10.2. The van der Waals surface area contributed by atoms with E-state index >= 15 is 0 Å². The van der Waals surface area contributed by atoms with Gasteiger partial charge in [-0.25, -0.2) is 4.79 Å². The summed E-state index contributed by atoms with van der Waals surface area (Å²) in [7, 11) is 1.71. The summed E-state index contributed by atoms with van der Waals surface area (Å²) in [6.07, 6.45) is 9.21. The number of rotatable bonds is 3. The van der Waals surface area contributed by atoms with Gasteiger partial charge >= 0.3 is 5.97 Å². The number of aliphatic carboxylic acids is 1. The van der Waals surface area contributed by atoms with E-state index in [1.165, 1.54) is 37.7 Å². The summed E-state index contributed by atoms with van der Waals surface area (Å²) < 4.78 is 0. The summed E-state index contributed by atoms with van der Waals surface area (Å²) in [6, 6.07) is 0. The van der Waals surface area contributed by atoms with E-state index in [9.17, 15) is 9.90 Å². The lowest BCUT2D eigenvalue weighted by molar-refractivity contribution is -0.132. The van der Waals surface area contributed by atoms with Crippen LogP contribution in [0.2, 0.25) is 0 Å². The van der Waals surface area contributed by atoms with Gasteiger partial charge < -0.3 is 16.2 Å². The normalized spacial score (nSPS) is 41.0. The Labute approximate surface area is 156 Å². The molecule has 0 amide bonds. The minimum atomic E-state index is -0.693. The van der Waals surface area contributed by atoms with Crippen LogP contribution in [0.4, 0.5) is 0 Å². The zero-order valence-electron chi connectivity index (χ0n) is 16.4. The van der Waals surface area contributed by atoms with Crippen LogP contribution in [0.3, 0.4) is 0 Å². The van der Waals surface area contributed by atoms with Crippen molar-refractivity contribution >= 4 is 11.9 Å². The second-order valence-electron chi connectivity index (χ2n) is 9.54. The predicted octanol–water partition coefficient (Wildman–Crippen LogP) is 3.31. The molecule has 144 valence electrons. The Hall–Kier alpha value is -1.52. The van der Waals surface area contributed by atoms with Crippen molar-refractivity contribution in [3.8, 4) is 0 Å². The van der Waals surface area contributed by atoms with Gasteiger partial charge in [-0.2, -0.15) is 0 Å². The highest BCUT2D eigenvalue weighted by atomic mass is 16.4. The van der Waals surface area contributed by atoms with Crippen LogP contribution in [0.15, 0.2) is 16.1 Å². The zero-order chi connectivity index (χ0) is 18.7. The van der Waals surface area contributed by atoms with Crippen LogP contribution < -0.4 is 11.1 Å². The van der Waals surface area contributed by atoms with E-state index in [0.717, 1.165) is 31.4 Å². The molecule has 0 aliphatic heterocycles. The fourth-order valence-corrected chi connectivity index (χ4v) is 8.00. The van der Waals surface area contributed by atoms with Crippen molar-refractivity contribution < 1.29 is 9.90 Å². The van der Waals surface area contributed by atoms with Gasteiger partial charge in [-0.15, -0.1) is 0 Å². The van der Waals surface area contributed by atoms with Crippen LogP contribution in [0, 0.1) is 28.1 Å². The van der Waals surface area contributed by atoms with E-state index in [4.69, 9.17) is 5.73 Å². The smallest absolute Gasteiger partial charge is 0.331 e. The third kappa shape index (κ3) is 2.03. The molecule has 0 saturated heterocycles. The molecule has 0 heterocycles. The number of nitrogens with one attached hydrogen (secondary N) is 1. The van der Waals surface area contributed by atoms with Crippen molar-refractivity contribution in [2.75, 3.05) is 13.6 Å². The van der Waals surface area contributed by atoms with Crippen LogP contribution in [-0.4, -0.2) is 30.6 Å². The van der Waals surface area contributed by atoms with E-state index in [1.54, 1.807) is 7.05 Å². The SMILES string of the molecule is CN=C(N)NCC1(C)C2CC3=C(C(=O)O)CCC31C(C)CC21CCCC1. The number of carboxylic acids is 1. The Morgan fingerprint density at radius 2 is 2.04 bits per heavy atom. The predicted molar refractivity (Wildman–Crippen MR) is 103 cm³/mol. The number of hydrogen-bond donors (Lipinski definition) is 3. The molecule has 0 aromatic heterocycles. The maximum Gasteiger partial charge on any atom is 0.331 e. The maximum atomic E-state index is 12.0. The van der Waals surface area contributed by atoms with Crippen LogP contribution >= 0.6 is 0 Å². The third-order valence-corrected chi connectivity index (χ3v) is 8.90. The molecule has 0 radical (unpaired) electrons. The molecule has 0 aromatic rings. The van der Waals surface area contributed by atoms with Gasteiger partial charge in [0.2, 0.25) is 0 Å². The number of nitrogens with two attached hydrogens (primary N) is 1. The Morgan fingerprint density at radius 3 is 2.65 bits per heavy atom. The molecule has 4 rings (SSSR count). The highest BCUT2D eigenvalue weighted by Gasteiger charge is 2.71. The molecule has 4 N–H and O–H groups in total. The number of nitrogens with zero attached hydrogens (tertiary/aromatic N) is 1. The number of hydrogen-bond acceptors (Lipinski definition) is 2. The molecule has 3 saturated carbocycles. The van der Waals surface area contributed by atoms with Crippen molar-refractivity contribution in [2.45, 2.75) is 65.2 Å². The maximum absolute atomic E-state index is 12.0. The first-order chi connectivity index (χ1) is 12.3. The fraction of sp³-hybridized carbons (Fsp3) is 0.810. The summed E-state index contributed by atoms with van der Waals surface area (Å²) in [6.45, 7) is 5.60. The Morgan fingerprint density at radius 1 is 1.35 bits per heavy atom. The summed E-state index contributed by atoms with van der Waals surface area (Å²) >= 11 is 0. The second kappa shape index (κ2) is 5.74. The van der Waals surface area contributed by atoms with Crippen molar-refractivity contribution in [1.29, 1.82) is 0 Å². The molecule has 4 atom stereocenters. The molecule has 3 fully saturated rings. The number of carbonyl (C=O) groups is 1. The largest absolute Gasteiger partial charge is 0.478 e. The average molecular weight is 360 g/mol. The molecule has 5 nitrogen and oxygen atoms in total. The average Bonchev–Trinajstić information content (AvgIpc) is 3.25. The second-order valence-corrected chi connectivity index (χ2v) is 9.54. The molecule has 4 aliphatic carbocycles. The summed E-state index contributed by atoms with van der Waals surface area (Å²) in [4.78, 5) is 16.0. The van der Waals surface area contributed by atoms with Gasteiger partial charge in [-0.3, -0.25) is 4.99 Å². The Kier molecular flexibility index (Phi) is 3.94. The molecule has 5 heteroatoms. The van der Waals surface area contributed by atoms with Crippen LogP contribution in [-0.2, 0) is 4.79 Å². The summed E-state index contributed by atoms with van der Waals surface area (Å²) in [5.74, 6) is 0.873. The van der Waals surface area contributed by atoms with Crippen molar-refractivity contribution in [3.63, 3.8) is 0 Å². The highest BCUT2D eigenvalue weighted by Crippen LogP contribution is 2.78. The van der Waals surface area contributed by atoms with E-state index in [2.05, 4.69) is 24.2 Å². The number of guanidine groups is 1. The van der Waals surface area contributed by atoms with Crippen molar-refractivity contribution in [1.82, 2.24) is 5.32 Å². The molecule has 0 aromatic carbocycles. The zero-order valence-corrected chi connectivity index (χ0v) is 16.4. The molecule has 4 unspecified atom stereocenters. The van der Waals surface area contributed by atoms with Gasteiger partial charge in [0, 0.05) is 24.6 Å². The minimum Gasteiger partial charge on any atom is -0.478 e. The topological polar surface area (TPSA) is 87.7 Å². The van der Waals surface area contributed by atoms with E-state index < -0.39 is 5.97 Å². The van der Waals surface area contributed by atoms with Crippen LogP contribution in [0.5, 0.6) is 0 Å². The molecule has 4 aliphatic rings. The van der Waals surface area contributed by atoms with Gasteiger partial charge in [-0.1, -0.05) is 32.3 Å². The van der Waals surface area contributed by atoms with E-state index in [0.29, 0.717) is 23.2 Å². The molecule has 26 heavy (non-hydrogen) atoms. The van der Waals surface area contributed by atoms with E-state index in [1.807, 2.05) is 0 Å². The third-order valence-electron chi connectivity index (χ3n) is 8.90. The van der Waals surface area contributed by atoms with Crippen molar-refractivity contribution in [3.05, 3.63) is 11.1 Å². The number of fused-ring (bicyclic) bond motifs is 2. The van der Waals surface area contributed by atoms with Crippen LogP contribution in [0.1, 0.15) is 65.2 Å².